The number of rotatable bonds is 8. The molecule has 1 heterocycles. The van der Waals surface area contributed by atoms with Crippen molar-refractivity contribution in [2.24, 2.45) is 0 Å². The van der Waals surface area contributed by atoms with Gasteiger partial charge in [-0.2, -0.15) is 0 Å². The fourth-order valence-corrected chi connectivity index (χ4v) is 3.68. The van der Waals surface area contributed by atoms with E-state index in [4.69, 9.17) is 49.6 Å². The molecule has 3 aromatic rings. The fourth-order valence-electron chi connectivity index (χ4n) is 2.88. The van der Waals surface area contributed by atoms with Gasteiger partial charge in [0.2, 0.25) is 0 Å². The highest BCUT2D eigenvalue weighted by Crippen LogP contribution is 2.34. The number of ether oxygens (including phenoxy) is 3. The first-order valence-electron chi connectivity index (χ1n) is 9.61. The molecule has 32 heavy (non-hydrogen) atoms. The molecule has 0 aliphatic carbocycles. The molecule has 0 saturated heterocycles. The maximum Gasteiger partial charge on any atom is 0.356 e. The smallest absolute Gasteiger partial charge is 0.356 e. The minimum absolute atomic E-state index is 0.108. The van der Waals surface area contributed by atoms with Crippen molar-refractivity contribution in [3.05, 3.63) is 58.2 Å². The number of anilines is 1. The Labute approximate surface area is 201 Å². The Hall–Kier alpha value is -2.81. The van der Waals surface area contributed by atoms with Crippen molar-refractivity contribution in [3.63, 3.8) is 0 Å². The maximum atomic E-state index is 12.0. The summed E-state index contributed by atoms with van der Waals surface area (Å²) in [6.07, 6.45) is 0.646. The Balaban J connectivity index is 1.58. The van der Waals surface area contributed by atoms with Crippen molar-refractivity contribution in [1.82, 2.24) is 10.3 Å². The van der Waals surface area contributed by atoms with Gasteiger partial charge in [-0.1, -0.05) is 23.2 Å². The number of nitrogens with one attached hydrogen (secondary N) is 2. The van der Waals surface area contributed by atoms with Gasteiger partial charge >= 0.3 is 5.97 Å². The second kappa shape index (κ2) is 11.2. The van der Waals surface area contributed by atoms with E-state index in [9.17, 15) is 4.79 Å². The van der Waals surface area contributed by atoms with Crippen molar-refractivity contribution in [2.45, 2.75) is 6.42 Å². The quantitative estimate of drug-likeness (QED) is 0.255. The molecule has 0 atom stereocenters. The Morgan fingerprint density at radius 1 is 1.12 bits per heavy atom. The van der Waals surface area contributed by atoms with E-state index < -0.39 is 5.97 Å². The first kappa shape index (κ1) is 23.8. The van der Waals surface area contributed by atoms with Crippen LogP contribution >= 0.6 is 35.4 Å². The molecule has 0 saturated carbocycles. The maximum absolute atomic E-state index is 12.0. The SMILES string of the molecule is COC(=O)c1cc(OCCCNC(=S)Nc2ccc(OC)cc2)c2c(Cl)cc(Cl)cc2n1. The number of pyridine rings is 1. The second-order valence-corrected chi connectivity index (χ2v) is 7.84. The summed E-state index contributed by atoms with van der Waals surface area (Å²) in [4.78, 5) is 16.2. The van der Waals surface area contributed by atoms with E-state index in [1.54, 1.807) is 19.2 Å². The van der Waals surface area contributed by atoms with E-state index in [1.807, 2.05) is 24.3 Å². The highest BCUT2D eigenvalue weighted by molar-refractivity contribution is 7.80. The standard InChI is InChI=1S/C22H21Cl2N3O4S/c1-29-15-6-4-14(5-7-15)26-22(32)25-8-3-9-31-19-12-18(21(28)30-2)27-17-11-13(23)10-16(24)20(17)19/h4-7,10-12H,3,8-9H2,1-2H3,(H2,25,26,32). The number of fused-ring (bicyclic) bond motifs is 1. The molecular formula is C22H21Cl2N3O4S. The molecule has 0 spiro atoms. The summed E-state index contributed by atoms with van der Waals surface area (Å²) in [6.45, 7) is 0.936. The van der Waals surface area contributed by atoms with Gasteiger partial charge in [0.15, 0.2) is 10.8 Å². The summed E-state index contributed by atoms with van der Waals surface area (Å²) in [5.74, 6) is 0.619. The average molecular weight is 494 g/mol. The molecule has 1 aromatic heterocycles. The van der Waals surface area contributed by atoms with Gasteiger partial charge in [0.05, 0.1) is 36.8 Å². The molecule has 2 aromatic carbocycles. The van der Waals surface area contributed by atoms with Gasteiger partial charge in [-0.3, -0.25) is 0 Å². The molecule has 0 unspecified atom stereocenters. The lowest BCUT2D eigenvalue weighted by molar-refractivity contribution is 0.0594. The Bertz CT molecular complexity index is 1130. The zero-order chi connectivity index (χ0) is 23.1. The first-order valence-corrected chi connectivity index (χ1v) is 10.8. The number of methoxy groups -OCH3 is 2. The molecule has 0 aliphatic rings. The number of carbonyl (C=O) groups excluding carboxylic acids is 1. The Morgan fingerprint density at radius 3 is 2.56 bits per heavy atom. The molecule has 0 bridgehead atoms. The molecule has 168 valence electrons. The number of hydrogen-bond acceptors (Lipinski definition) is 6. The molecule has 0 amide bonds. The second-order valence-electron chi connectivity index (χ2n) is 6.59. The van der Waals surface area contributed by atoms with Crippen molar-refractivity contribution in [3.8, 4) is 11.5 Å². The zero-order valence-electron chi connectivity index (χ0n) is 17.4. The van der Waals surface area contributed by atoms with E-state index in [-0.39, 0.29) is 5.69 Å². The minimum atomic E-state index is -0.579. The van der Waals surface area contributed by atoms with Crippen LogP contribution in [-0.2, 0) is 4.74 Å². The highest BCUT2D eigenvalue weighted by Gasteiger charge is 2.16. The summed E-state index contributed by atoms with van der Waals surface area (Å²) in [6, 6.07) is 12.2. The number of thiocarbonyl (C=S) groups is 1. The lowest BCUT2D eigenvalue weighted by Crippen LogP contribution is -2.30. The first-order chi connectivity index (χ1) is 15.4. The van der Waals surface area contributed by atoms with Crippen molar-refractivity contribution in [1.29, 1.82) is 0 Å². The van der Waals surface area contributed by atoms with Crippen molar-refractivity contribution in [2.75, 3.05) is 32.7 Å². The van der Waals surface area contributed by atoms with E-state index >= 15 is 0 Å². The van der Waals surface area contributed by atoms with Crippen LogP contribution in [0.5, 0.6) is 11.5 Å². The number of esters is 1. The number of benzene rings is 2. The minimum Gasteiger partial charge on any atom is -0.497 e. The summed E-state index contributed by atoms with van der Waals surface area (Å²) in [5, 5.41) is 8.08. The normalized spacial score (nSPS) is 10.5. The summed E-state index contributed by atoms with van der Waals surface area (Å²) in [7, 11) is 2.90. The van der Waals surface area contributed by atoms with Gasteiger partial charge < -0.3 is 24.8 Å². The van der Waals surface area contributed by atoms with Gasteiger partial charge in [-0.05, 0) is 55.0 Å². The van der Waals surface area contributed by atoms with Crippen LogP contribution in [0.15, 0.2) is 42.5 Å². The monoisotopic (exact) mass is 493 g/mol. The molecule has 0 fully saturated rings. The van der Waals surface area contributed by atoms with E-state index in [1.165, 1.54) is 13.2 Å². The van der Waals surface area contributed by atoms with Crippen molar-refractivity contribution < 1.29 is 19.0 Å². The van der Waals surface area contributed by atoms with Gasteiger partial charge in [0.25, 0.3) is 0 Å². The summed E-state index contributed by atoms with van der Waals surface area (Å²) < 4.78 is 15.8. The predicted molar refractivity (Wildman–Crippen MR) is 130 cm³/mol. The molecular weight excluding hydrogens is 473 g/mol. The van der Waals surface area contributed by atoms with Crippen LogP contribution in [0.1, 0.15) is 16.9 Å². The van der Waals surface area contributed by atoms with Crippen LogP contribution in [-0.4, -0.2) is 43.4 Å². The molecule has 7 nitrogen and oxygen atoms in total. The Morgan fingerprint density at radius 2 is 1.88 bits per heavy atom. The molecule has 0 radical (unpaired) electrons. The molecule has 3 rings (SSSR count). The molecule has 10 heteroatoms. The molecule has 0 aliphatic heterocycles. The third-order valence-electron chi connectivity index (χ3n) is 4.40. The molecule has 2 N–H and O–H groups in total. The number of aromatic nitrogens is 1. The van der Waals surface area contributed by atoms with Crippen LogP contribution in [0.25, 0.3) is 10.9 Å². The number of carbonyl (C=O) groups is 1. The number of halogens is 2. The zero-order valence-corrected chi connectivity index (χ0v) is 19.7. The van der Waals surface area contributed by atoms with Crippen LogP contribution in [0.4, 0.5) is 5.69 Å². The van der Waals surface area contributed by atoms with Gasteiger partial charge in [0.1, 0.15) is 11.5 Å². The highest BCUT2D eigenvalue weighted by atomic mass is 35.5. The van der Waals surface area contributed by atoms with Crippen LogP contribution < -0.4 is 20.1 Å². The van der Waals surface area contributed by atoms with Crippen LogP contribution in [0, 0.1) is 0 Å². The lowest BCUT2D eigenvalue weighted by atomic mass is 10.1. The van der Waals surface area contributed by atoms with E-state index in [0.29, 0.717) is 51.4 Å². The number of hydrogen-bond donors (Lipinski definition) is 2. The van der Waals surface area contributed by atoms with Crippen LogP contribution in [0.2, 0.25) is 10.0 Å². The van der Waals surface area contributed by atoms with Crippen LogP contribution in [0.3, 0.4) is 0 Å². The van der Waals surface area contributed by atoms with Gasteiger partial charge in [0, 0.05) is 23.3 Å². The largest absolute Gasteiger partial charge is 0.497 e. The predicted octanol–water partition coefficient (Wildman–Crippen LogP) is 5.09. The van der Waals surface area contributed by atoms with E-state index in [2.05, 4.69) is 15.6 Å². The lowest BCUT2D eigenvalue weighted by Gasteiger charge is -2.13. The summed E-state index contributed by atoms with van der Waals surface area (Å²) in [5.41, 5.74) is 1.41. The average Bonchev–Trinajstić information content (AvgIpc) is 2.78. The third-order valence-corrected chi connectivity index (χ3v) is 5.16. The third kappa shape index (κ3) is 6.12. The topological polar surface area (TPSA) is 81.7 Å². The van der Waals surface area contributed by atoms with Gasteiger partial charge in [-0.15, -0.1) is 0 Å². The van der Waals surface area contributed by atoms with E-state index in [0.717, 1.165) is 11.4 Å². The summed E-state index contributed by atoms with van der Waals surface area (Å²) >= 11 is 17.7. The fraction of sp³-hybridized carbons (Fsp3) is 0.227. The Kier molecular flexibility index (Phi) is 8.33. The van der Waals surface area contributed by atoms with Crippen molar-refractivity contribution >= 4 is 63.1 Å². The van der Waals surface area contributed by atoms with Gasteiger partial charge in [-0.25, -0.2) is 9.78 Å². The number of nitrogens with zero attached hydrogens (tertiary/aromatic N) is 1.